The molecule has 0 radical (unpaired) electrons. The Bertz CT molecular complexity index is 1240. The van der Waals surface area contributed by atoms with Gasteiger partial charge in [0, 0.05) is 0 Å². The fourth-order valence-corrected chi connectivity index (χ4v) is 5.37. The number of rotatable bonds is 6. The lowest BCUT2D eigenvalue weighted by Crippen LogP contribution is -2.51. The number of ether oxygens (including phenoxy) is 1. The summed E-state index contributed by atoms with van der Waals surface area (Å²) < 4.78 is 34.2. The fraction of sp³-hybridized carbons (Fsp3) is 0.269. The van der Waals surface area contributed by atoms with Crippen LogP contribution in [0.1, 0.15) is 36.6 Å². The Morgan fingerprint density at radius 3 is 2.45 bits per heavy atom. The van der Waals surface area contributed by atoms with Crippen molar-refractivity contribution in [3.8, 4) is 5.75 Å². The maximum absolute atomic E-state index is 13.5. The van der Waals surface area contributed by atoms with Gasteiger partial charge in [0.1, 0.15) is 5.75 Å². The number of hydrogen-bond acceptors (Lipinski definition) is 4. The molecule has 2 atom stereocenters. The molecule has 0 fully saturated rings. The van der Waals surface area contributed by atoms with E-state index in [1.54, 1.807) is 42.5 Å². The van der Waals surface area contributed by atoms with Gasteiger partial charge in [0.15, 0.2) is 6.10 Å². The summed E-state index contributed by atoms with van der Waals surface area (Å²) in [6.07, 6.45) is -0.0299. The minimum Gasteiger partial charge on any atom is -0.476 e. The molecule has 0 bridgehead atoms. The van der Waals surface area contributed by atoms with Gasteiger partial charge in [-0.3, -0.25) is 9.10 Å². The van der Waals surface area contributed by atoms with E-state index in [0.29, 0.717) is 11.4 Å². The van der Waals surface area contributed by atoms with Crippen LogP contribution in [0.2, 0.25) is 0 Å². The predicted molar refractivity (Wildman–Crippen MR) is 129 cm³/mol. The molecule has 1 N–H and O–H groups in total. The van der Waals surface area contributed by atoms with Crippen molar-refractivity contribution in [2.75, 3.05) is 10.8 Å². The molecule has 3 aromatic rings. The average molecular weight is 465 g/mol. The molecule has 33 heavy (non-hydrogen) atoms. The monoisotopic (exact) mass is 464 g/mol. The third-order valence-corrected chi connectivity index (χ3v) is 7.65. The Kier molecular flexibility index (Phi) is 6.42. The molecule has 0 unspecified atom stereocenters. The van der Waals surface area contributed by atoms with Crippen LogP contribution in [0, 0.1) is 6.92 Å². The van der Waals surface area contributed by atoms with Crippen LogP contribution in [0.25, 0.3) is 0 Å². The number of fused-ring (bicyclic) bond motifs is 1. The highest BCUT2D eigenvalue weighted by molar-refractivity contribution is 7.92. The average Bonchev–Trinajstić information content (AvgIpc) is 2.83. The lowest BCUT2D eigenvalue weighted by molar-refractivity contribution is -0.128. The number of carbonyl (C=O) groups is 1. The van der Waals surface area contributed by atoms with E-state index in [4.69, 9.17) is 4.74 Å². The molecule has 3 aromatic carbocycles. The SMILES string of the molecule is CCc1ccc([C@@H](C)NC(=O)[C@H]2CN(S(=O)(=O)c3ccccc3)c3cc(C)ccc3O2)cc1. The third kappa shape index (κ3) is 4.73. The zero-order chi connectivity index (χ0) is 23.6. The molecule has 1 aliphatic rings. The van der Waals surface area contributed by atoms with E-state index in [1.165, 1.54) is 9.87 Å². The third-order valence-electron chi connectivity index (χ3n) is 5.85. The normalized spacial score (nSPS) is 16.5. The number of hydrogen-bond donors (Lipinski definition) is 1. The molecule has 6 nitrogen and oxygen atoms in total. The van der Waals surface area contributed by atoms with Crippen LogP contribution in [0.15, 0.2) is 77.7 Å². The maximum Gasteiger partial charge on any atom is 0.264 e. The van der Waals surface area contributed by atoms with Crippen molar-refractivity contribution < 1.29 is 17.9 Å². The molecule has 1 amide bonds. The first-order chi connectivity index (χ1) is 15.8. The summed E-state index contributed by atoms with van der Waals surface area (Å²) in [5.41, 5.74) is 3.53. The van der Waals surface area contributed by atoms with Gasteiger partial charge in [0.25, 0.3) is 15.9 Å². The largest absolute Gasteiger partial charge is 0.476 e. The van der Waals surface area contributed by atoms with Crippen molar-refractivity contribution in [2.24, 2.45) is 0 Å². The van der Waals surface area contributed by atoms with Gasteiger partial charge in [-0.05, 0) is 61.2 Å². The highest BCUT2D eigenvalue weighted by Gasteiger charge is 2.38. The van der Waals surface area contributed by atoms with Crippen LogP contribution in [0.3, 0.4) is 0 Å². The number of nitrogens with one attached hydrogen (secondary N) is 1. The number of anilines is 1. The number of benzene rings is 3. The molecule has 1 heterocycles. The summed E-state index contributed by atoms with van der Waals surface area (Å²) in [7, 11) is -3.87. The van der Waals surface area contributed by atoms with Gasteiger partial charge in [0.2, 0.25) is 0 Å². The molecular weight excluding hydrogens is 436 g/mol. The van der Waals surface area contributed by atoms with Gasteiger partial charge in [-0.15, -0.1) is 0 Å². The standard InChI is InChI=1S/C26H28N2O4S/c1-4-20-11-13-21(14-12-20)19(3)27-26(29)25-17-28(23-16-18(2)10-15-24(23)32-25)33(30,31)22-8-6-5-7-9-22/h5-16,19,25H,4,17H2,1-3H3,(H,27,29)/t19-,25-/m1/s1. The minimum atomic E-state index is -3.87. The van der Waals surface area contributed by atoms with Crippen LogP contribution >= 0.6 is 0 Å². The van der Waals surface area contributed by atoms with Crippen molar-refractivity contribution in [1.82, 2.24) is 5.32 Å². The second-order valence-corrected chi connectivity index (χ2v) is 10.1. The van der Waals surface area contributed by atoms with E-state index in [-0.39, 0.29) is 23.4 Å². The molecular formula is C26H28N2O4S. The Morgan fingerprint density at radius 1 is 1.09 bits per heavy atom. The van der Waals surface area contributed by atoms with Crippen LogP contribution < -0.4 is 14.4 Å². The molecule has 0 spiro atoms. The Hall–Kier alpha value is -3.32. The topological polar surface area (TPSA) is 75.7 Å². The summed E-state index contributed by atoms with van der Waals surface area (Å²) in [6.45, 7) is 5.77. The number of nitrogens with zero attached hydrogens (tertiary/aromatic N) is 1. The van der Waals surface area contributed by atoms with Gasteiger partial charge in [-0.25, -0.2) is 8.42 Å². The van der Waals surface area contributed by atoms with E-state index in [0.717, 1.165) is 17.5 Å². The van der Waals surface area contributed by atoms with Crippen LogP contribution in [-0.2, 0) is 21.2 Å². The zero-order valence-corrected chi connectivity index (χ0v) is 19.8. The highest BCUT2D eigenvalue weighted by atomic mass is 32.2. The number of aryl methyl sites for hydroxylation is 2. The number of sulfonamides is 1. The molecule has 7 heteroatoms. The Morgan fingerprint density at radius 2 is 1.79 bits per heavy atom. The smallest absolute Gasteiger partial charge is 0.264 e. The quantitative estimate of drug-likeness (QED) is 0.587. The van der Waals surface area contributed by atoms with Crippen molar-refractivity contribution in [2.45, 2.75) is 44.2 Å². The first-order valence-electron chi connectivity index (χ1n) is 11.0. The van der Waals surface area contributed by atoms with E-state index < -0.39 is 16.1 Å². The van der Waals surface area contributed by atoms with Crippen molar-refractivity contribution in [3.05, 3.63) is 89.5 Å². The number of amides is 1. The van der Waals surface area contributed by atoms with E-state index in [2.05, 4.69) is 12.2 Å². The van der Waals surface area contributed by atoms with Gasteiger partial charge < -0.3 is 10.1 Å². The van der Waals surface area contributed by atoms with E-state index in [1.807, 2.05) is 44.2 Å². The molecule has 4 rings (SSSR count). The Balaban J connectivity index is 1.61. The van der Waals surface area contributed by atoms with Crippen LogP contribution in [0.5, 0.6) is 5.75 Å². The summed E-state index contributed by atoms with van der Waals surface area (Å²) in [4.78, 5) is 13.3. The van der Waals surface area contributed by atoms with E-state index >= 15 is 0 Å². The maximum atomic E-state index is 13.5. The summed E-state index contributed by atoms with van der Waals surface area (Å²) in [5, 5.41) is 2.97. The summed E-state index contributed by atoms with van der Waals surface area (Å²) in [6, 6.07) is 21.4. The second kappa shape index (κ2) is 9.27. The van der Waals surface area contributed by atoms with Crippen molar-refractivity contribution in [3.63, 3.8) is 0 Å². The van der Waals surface area contributed by atoms with Crippen molar-refractivity contribution in [1.29, 1.82) is 0 Å². The lowest BCUT2D eigenvalue weighted by Gasteiger charge is -2.35. The second-order valence-electron chi connectivity index (χ2n) is 8.25. The highest BCUT2D eigenvalue weighted by Crippen LogP contribution is 2.37. The van der Waals surface area contributed by atoms with Gasteiger partial charge in [-0.2, -0.15) is 0 Å². The molecule has 0 aromatic heterocycles. The van der Waals surface area contributed by atoms with E-state index in [9.17, 15) is 13.2 Å². The molecule has 0 saturated carbocycles. The summed E-state index contributed by atoms with van der Waals surface area (Å²) in [5.74, 6) is 0.00742. The first-order valence-corrected chi connectivity index (χ1v) is 12.5. The van der Waals surface area contributed by atoms with Crippen molar-refractivity contribution >= 4 is 21.6 Å². The fourth-order valence-electron chi connectivity index (χ4n) is 3.88. The molecule has 1 aliphatic heterocycles. The molecule has 0 saturated heterocycles. The molecule has 172 valence electrons. The predicted octanol–water partition coefficient (Wildman–Crippen LogP) is 4.39. The minimum absolute atomic E-state index is 0.110. The van der Waals surface area contributed by atoms with Crippen LogP contribution in [-0.4, -0.2) is 27.0 Å². The van der Waals surface area contributed by atoms with Gasteiger partial charge >= 0.3 is 0 Å². The van der Waals surface area contributed by atoms with Gasteiger partial charge in [0.05, 0.1) is 23.2 Å². The lowest BCUT2D eigenvalue weighted by atomic mass is 10.0. The zero-order valence-electron chi connectivity index (χ0n) is 19.0. The Labute approximate surface area is 195 Å². The summed E-state index contributed by atoms with van der Waals surface area (Å²) >= 11 is 0. The number of carbonyl (C=O) groups excluding carboxylic acids is 1. The molecule has 0 aliphatic carbocycles. The van der Waals surface area contributed by atoms with Crippen LogP contribution in [0.4, 0.5) is 5.69 Å². The van der Waals surface area contributed by atoms with Gasteiger partial charge in [-0.1, -0.05) is 55.5 Å². The first kappa shape index (κ1) is 22.9.